The number of rotatable bonds is 5. The van der Waals surface area contributed by atoms with Crippen LogP contribution in [0.1, 0.15) is 36.1 Å². The molecule has 1 amide bonds. The van der Waals surface area contributed by atoms with E-state index in [2.05, 4.69) is 46.0 Å². The molecular formula is C21H22N4O. The minimum atomic E-state index is -0.0553. The number of nitrogens with one attached hydrogen (secondary N) is 2. The summed E-state index contributed by atoms with van der Waals surface area (Å²) in [5, 5.41) is 4.07. The van der Waals surface area contributed by atoms with Gasteiger partial charge in [0, 0.05) is 41.7 Å². The molecule has 26 heavy (non-hydrogen) atoms. The van der Waals surface area contributed by atoms with Gasteiger partial charge in [0.05, 0.1) is 11.0 Å². The lowest BCUT2D eigenvalue weighted by Gasteiger charge is -2.09. The van der Waals surface area contributed by atoms with Crippen molar-refractivity contribution in [2.45, 2.75) is 26.3 Å². The molecule has 2 N–H and O–H groups in total. The molecule has 5 heteroatoms. The second-order valence-electron chi connectivity index (χ2n) is 6.80. The summed E-state index contributed by atoms with van der Waals surface area (Å²) < 4.78 is 2.21. The van der Waals surface area contributed by atoms with Crippen molar-refractivity contribution < 1.29 is 4.79 Å². The van der Waals surface area contributed by atoms with Crippen LogP contribution in [0.3, 0.4) is 0 Å². The first-order valence-electron chi connectivity index (χ1n) is 8.94. The Labute approximate surface area is 152 Å². The van der Waals surface area contributed by atoms with Crippen molar-refractivity contribution in [2.75, 3.05) is 6.54 Å². The van der Waals surface area contributed by atoms with E-state index in [1.807, 2.05) is 42.5 Å². The van der Waals surface area contributed by atoms with Crippen LogP contribution in [0.4, 0.5) is 0 Å². The standard InChI is InChI=1S/C21H22N4O/c1-14(2)25-12-10-15-13-16(7-8-19(15)25)21(26)22-11-9-20-23-17-5-3-4-6-18(17)24-20/h3-8,10,12-14H,9,11H2,1-2H3,(H,22,26)(H,23,24). The second kappa shape index (κ2) is 6.67. The molecule has 0 atom stereocenters. The number of nitrogens with zero attached hydrogens (tertiary/aromatic N) is 2. The number of aromatic nitrogens is 3. The van der Waals surface area contributed by atoms with Gasteiger partial charge >= 0.3 is 0 Å². The van der Waals surface area contributed by atoms with Crippen LogP contribution >= 0.6 is 0 Å². The number of para-hydroxylation sites is 2. The van der Waals surface area contributed by atoms with Crippen LogP contribution in [0.25, 0.3) is 21.9 Å². The number of aromatic amines is 1. The molecule has 0 aliphatic carbocycles. The third-order valence-electron chi connectivity index (χ3n) is 4.62. The molecule has 0 unspecified atom stereocenters. The summed E-state index contributed by atoms with van der Waals surface area (Å²) in [5.41, 5.74) is 3.81. The highest BCUT2D eigenvalue weighted by atomic mass is 16.1. The molecule has 0 saturated carbocycles. The third-order valence-corrected chi connectivity index (χ3v) is 4.62. The van der Waals surface area contributed by atoms with E-state index in [0.29, 0.717) is 24.6 Å². The van der Waals surface area contributed by atoms with Crippen LogP contribution < -0.4 is 5.32 Å². The second-order valence-corrected chi connectivity index (χ2v) is 6.80. The van der Waals surface area contributed by atoms with Gasteiger partial charge in [-0.05, 0) is 50.2 Å². The van der Waals surface area contributed by atoms with E-state index in [-0.39, 0.29) is 5.91 Å². The maximum absolute atomic E-state index is 12.4. The number of fused-ring (bicyclic) bond motifs is 2. The first-order valence-corrected chi connectivity index (χ1v) is 8.94. The molecule has 0 saturated heterocycles. The Kier molecular flexibility index (Phi) is 4.21. The molecule has 0 spiro atoms. The van der Waals surface area contributed by atoms with Gasteiger partial charge in [0.15, 0.2) is 0 Å². The van der Waals surface area contributed by atoms with Crippen molar-refractivity contribution in [3.8, 4) is 0 Å². The van der Waals surface area contributed by atoms with Crippen molar-refractivity contribution in [1.82, 2.24) is 19.9 Å². The number of hydrogen-bond acceptors (Lipinski definition) is 2. The fourth-order valence-corrected chi connectivity index (χ4v) is 3.28. The van der Waals surface area contributed by atoms with E-state index < -0.39 is 0 Å². The van der Waals surface area contributed by atoms with E-state index in [0.717, 1.165) is 27.8 Å². The van der Waals surface area contributed by atoms with Gasteiger partial charge in [-0.3, -0.25) is 4.79 Å². The number of imidazole rings is 1. The Morgan fingerprint density at radius 3 is 2.85 bits per heavy atom. The van der Waals surface area contributed by atoms with Crippen LogP contribution in [-0.2, 0) is 6.42 Å². The van der Waals surface area contributed by atoms with Crippen molar-refractivity contribution >= 4 is 27.8 Å². The SMILES string of the molecule is CC(C)n1ccc2cc(C(=O)NCCc3nc4ccccc4[nH]3)ccc21. The number of carbonyl (C=O) groups excluding carboxylic acids is 1. The van der Waals surface area contributed by atoms with Crippen molar-refractivity contribution in [2.24, 2.45) is 0 Å². The zero-order valence-corrected chi connectivity index (χ0v) is 15.0. The van der Waals surface area contributed by atoms with Crippen LogP contribution in [0.15, 0.2) is 54.7 Å². The first kappa shape index (κ1) is 16.4. The van der Waals surface area contributed by atoms with E-state index in [1.165, 1.54) is 0 Å². The monoisotopic (exact) mass is 346 g/mol. The zero-order valence-electron chi connectivity index (χ0n) is 15.0. The summed E-state index contributed by atoms with van der Waals surface area (Å²) in [7, 11) is 0. The van der Waals surface area contributed by atoms with Crippen molar-refractivity contribution in [1.29, 1.82) is 0 Å². The largest absolute Gasteiger partial charge is 0.352 e. The van der Waals surface area contributed by atoms with Gasteiger partial charge in [0.25, 0.3) is 5.91 Å². The van der Waals surface area contributed by atoms with Crippen LogP contribution in [0.5, 0.6) is 0 Å². The zero-order chi connectivity index (χ0) is 18.1. The fourth-order valence-electron chi connectivity index (χ4n) is 3.28. The summed E-state index contributed by atoms with van der Waals surface area (Å²) >= 11 is 0. The highest BCUT2D eigenvalue weighted by Gasteiger charge is 2.10. The summed E-state index contributed by atoms with van der Waals surface area (Å²) in [4.78, 5) is 20.3. The third kappa shape index (κ3) is 3.08. The average molecular weight is 346 g/mol. The van der Waals surface area contributed by atoms with E-state index in [9.17, 15) is 4.79 Å². The van der Waals surface area contributed by atoms with Gasteiger partial charge in [0.1, 0.15) is 5.82 Å². The van der Waals surface area contributed by atoms with E-state index in [1.54, 1.807) is 0 Å². The summed E-state index contributed by atoms with van der Waals surface area (Å²) in [6, 6.07) is 16.2. The number of carbonyl (C=O) groups is 1. The quantitative estimate of drug-likeness (QED) is 0.572. The van der Waals surface area contributed by atoms with Crippen LogP contribution in [-0.4, -0.2) is 27.0 Å². The Hall–Kier alpha value is -3.08. The maximum atomic E-state index is 12.4. The van der Waals surface area contributed by atoms with Crippen LogP contribution in [0, 0.1) is 0 Å². The van der Waals surface area contributed by atoms with E-state index in [4.69, 9.17) is 0 Å². The van der Waals surface area contributed by atoms with Crippen LogP contribution in [0.2, 0.25) is 0 Å². The van der Waals surface area contributed by atoms with Crippen molar-refractivity contribution in [3.63, 3.8) is 0 Å². The normalized spacial score (nSPS) is 11.5. The Balaban J connectivity index is 1.42. The van der Waals surface area contributed by atoms with Gasteiger partial charge in [-0.25, -0.2) is 4.98 Å². The molecule has 2 aromatic carbocycles. The molecule has 2 aromatic heterocycles. The van der Waals surface area contributed by atoms with Gasteiger partial charge in [-0.1, -0.05) is 12.1 Å². The predicted molar refractivity (Wildman–Crippen MR) is 104 cm³/mol. The number of amides is 1. The predicted octanol–water partition coefficient (Wildman–Crippen LogP) is 4.07. The number of H-pyrrole nitrogens is 1. The molecule has 0 bridgehead atoms. The molecule has 4 aromatic rings. The number of hydrogen-bond donors (Lipinski definition) is 2. The lowest BCUT2D eigenvalue weighted by atomic mass is 10.1. The Morgan fingerprint density at radius 1 is 1.19 bits per heavy atom. The molecule has 0 aliphatic heterocycles. The van der Waals surface area contributed by atoms with E-state index >= 15 is 0 Å². The van der Waals surface area contributed by atoms with Gasteiger partial charge < -0.3 is 14.9 Å². The average Bonchev–Trinajstić information content (AvgIpc) is 3.24. The molecule has 0 radical (unpaired) electrons. The molecule has 4 rings (SSSR count). The molecule has 0 aliphatic rings. The molecule has 132 valence electrons. The Bertz CT molecular complexity index is 1040. The minimum absolute atomic E-state index is 0.0553. The topological polar surface area (TPSA) is 62.7 Å². The number of benzene rings is 2. The maximum Gasteiger partial charge on any atom is 0.251 e. The summed E-state index contributed by atoms with van der Waals surface area (Å²) in [5.74, 6) is 0.830. The lowest BCUT2D eigenvalue weighted by molar-refractivity contribution is 0.0954. The molecule has 5 nitrogen and oxygen atoms in total. The highest BCUT2D eigenvalue weighted by Crippen LogP contribution is 2.21. The molecule has 2 heterocycles. The lowest BCUT2D eigenvalue weighted by Crippen LogP contribution is -2.25. The highest BCUT2D eigenvalue weighted by molar-refractivity contribution is 5.98. The van der Waals surface area contributed by atoms with Gasteiger partial charge in [-0.15, -0.1) is 0 Å². The minimum Gasteiger partial charge on any atom is -0.352 e. The molecular weight excluding hydrogens is 324 g/mol. The Morgan fingerprint density at radius 2 is 2.04 bits per heavy atom. The fraction of sp³-hybridized carbons (Fsp3) is 0.238. The molecule has 0 fully saturated rings. The first-order chi connectivity index (χ1) is 12.6. The van der Waals surface area contributed by atoms with Gasteiger partial charge in [-0.2, -0.15) is 0 Å². The summed E-state index contributed by atoms with van der Waals surface area (Å²) in [6.45, 7) is 4.85. The summed E-state index contributed by atoms with van der Waals surface area (Å²) in [6.07, 6.45) is 2.74. The van der Waals surface area contributed by atoms with Gasteiger partial charge in [0.2, 0.25) is 0 Å². The van der Waals surface area contributed by atoms with Crippen molar-refractivity contribution in [3.05, 3.63) is 66.1 Å². The smallest absolute Gasteiger partial charge is 0.251 e.